The number of allylic oxidation sites excluding steroid dienone is 3. The van der Waals surface area contributed by atoms with E-state index in [1.807, 2.05) is 27.8 Å². The summed E-state index contributed by atoms with van der Waals surface area (Å²) in [5.41, 5.74) is 6.38. The Morgan fingerprint density at radius 3 is 2.44 bits per heavy atom. The normalized spacial score (nSPS) is 16.0. The van der Waals surface area contributed by atoms with Crippen molar-refractivity contribution in [1.29, 1.82) is 0 Å². The summed E-state index contributed by atoms with van der Waals surface area (Å²) >= 11 is 0. The van der Waals surface area contributed by atoms with Crippen molar-refractivity contribution in [3.63, 3.8) is 0 Å². The number of hydrogen-bond donors (Lipinski definition) is 2. The molecule has 1 aliphatic rings. The van der Waals surface area contributed by atoms with Crippen molar-refractivity contribution in [2.75, 3.05) is 18.5 Å². The molecule has 3 nitrogen and oxygen atoms in total. The molecule has 1 aromatic carbocycles. The van der Waals surface area contributed by atoms with Crippen LogP contribution in [-0.4, -0.2) is 19.6 Å². The van der Waals surface area contributed by atoms with E-state index in [0.29, 0.717) is 6.04 Å². The SMILES string of the molecule is C=C(C)NC1Cc2ccccc2N(C(=C)CC(C)(C)CCC(C)CCCCC(=C)NC)C1.CC. The van der Waals surface area contributed by atoms with Crippen molar-refractivity contribution < 1.29 is 0 Å². The van der Waals surface area contributed by atoms with E-state index in [2.05, 4.69) is 80.3 Å². The summed E-state index contributed by atoms with van der Waals surface area (Å²) in [6, 6.07) is 9.16. The highest BCUT2D eigenvalue weighted by Crippen LogP contribution is 2.37. The first-order valence-corrected chi connectivity index (χ1v) is 13.4. The van der Waals surface area contributed by atoms with E-state index in [1.54, 1.807) is 0 Å². The van der Waals surface area contributed by atoms with Gasteiger partial charge in [0.05, 0.1) is 0 Å². The second-order valence-electron chi connectivity index (χ2n) is 10.7. The molecule has 0 aliphatic carbocycles. The maximum absolute atomic E-state index is 4.55. The fraction of sp³-hybridized carbons (Fsp3) is 0.613. The number of fused-ring (bicyclic) bond motifs is 1. The van der Waals surface area contributed by atoms with Gasteiger partial charge in [-0.25, -0.2) is 0 Å². The summed E-state index contributed by atoms with van der Waals surface area (Å²) in [7, 11) is 1.96. The van der Waals surface area contributed by atoms with Gasteiger partial charge in [-0.1, -0.05) is 91.8 Å². The number of unbranched alkanes of at least 4 members (excludes halogenated alkanes) is 1. The summed E-state index contributed by atoms with van der Waals surface area (Å²) in [5.74, 6) is 0.769. The van der Waals surface area contributed by atoms with E-state index in [1.165, 1.54) is 49.1 Å². The van der Waals surface area contributed by atoms with Crippen molar-refractivity contribution in [3.8, 4) is 0 Å². The molecule has 2 unspecified atom stereocenters. The second kappa shape index (κ2) is 15.0. The van der Waals surface area contributed by atoms with Gasteiger partial charge in [0.15, 0.2) is 0 Å². The van der Waals surface area contributed by atoms with Gasteiger partial charge in [0.25, 0.3) is 0 Å². The van der Waals surface area contributed by atoms with Crippen molar-refractivity contribution in [2.24, 2.45) is 11.3 Å². The Morgan fingerprint density at radius 1 is 1.12 bits per heavy atom. The average molecular weight is 468 g/mol. The number of rotatable bonds is 14. The van der Waals surface area contributed by atoms with Crippen LogP contribution >= 0.6 is 0 Å². The second-order valence-corrected chi connectivity index (χ2v) is 10.7. The van der Waals surface area contributed by atoms with Gasteiger partial charge in [0, 0.05) is 42.4 Å². The molecule has 1 aliphatic heterocycles. The smallest absolute Gasteiger partial charge is 0.0478 e. The van der Waals surface area contributed by atoms with Crippen LogP contribution in [0.5, 0.6) is 0 Å². The first-order chi connectivity index (χ1) is 16.1. The minimum Gasteiger partial charge on any atom is -0.392 e. The molecule has 2 rings (SSSR count). The van der Waals surface area contributed by atoms with E-state index in [4.69, 9.17) is 0 Å². The van der Waals surface area contributed by atoms with Crippen LogP contribution in [-0.2, 0) is 6.42 Å². The highest BCUT2D eigenvalue weighted by Gasteiger charge is 2.28. The van der Waals surface area contributed by atoms with Crippen molar-refractivity contribution >= 4 is 5.69 Å². The van der Waals surface area contributed by atoms with Gasteiger partial charge in [-0.15, -0.1) is 0 Å². The molecule has 1 heterocycles. The molecule has 34 heavy (non-hydrogen) atoms. The quantitative estimate of drug-likeness (QED) is 0.270. The predicted molar refractivity (Wildman–Crippen MR) is 153 cm³/mol. The zero-order valence-electron chi connectivity index (χ0n) is 23.4. The number of nitrogens with one attached hydrogen (secondary N) is 2. The molecule has 0 radical (unpaired) electrons. The van der Waals surface area contributed by atoms with Crippen LogP contribution in [0.2, 0.25) is 0 Å². The number of anilines is 1. The molecule has 0 saturated heterocycles. The monoisotopic (exact) mass is 467 g/mol. The van der Waals surface area contributed by atoms with Gasteiger partial charge in [-0.05, 0) is 62.0 Å². The molecule has 2 atom stereocenters. The molecule has 0 bridgehead atoms. The summed E-state index contributed by atoms with van der Waals surface area (Å²) < 4.78 is 0. The first kappa shape index (κ1) is 29.9. The van der Waals surface area contributed by atoms with Crippen LogP contribution in [0.1, 0.15) is 92.1 Å². The standard InChI is InChI=1S/C29H47N3.C2H6/c1-22(2)31-27-19-26-15-11-12-16-28(26)32(21-27)25(5)20-29(6,7)18-17-23(3)13-9-10-14-24(4)30-8;1-2/h11-12,15-16,23,27,30-31H,1,4-5,9-10,13-14,17-21H2,2-3,6-8H3;1-2H3. The summed E-state index contributed by atoms with van der Waals surface area (Å²) in [6.45, 7) is 26.8. The molecule has 3 heteroatoms. The summed E-state index contributed by atoms with van der Waals surface area (Å²) in [5, 5.41) is 6.71. The Morgan fingerprint density at radius 2 is 1.79 bits per heavy atom. The maximum Gasteiger partial charge on any atom is 0.0478 e. The molecule has 0 fully saturated rings. The molecule has 0 saturated carbocycles. The Kier molecular flexibility index (Phi) is 13.1. The van der Waals surface area contributed by atoms with Crippen LogP contribution in [0, 0.1) is 11.3 Å². The largest absolute Gasteiger partial charge is 0.392 e. The van der Waals surface area contributed by atoms with Crippen molar-refractivity contribution in [1.82, 2.24) is 10.6 Å². The zero-order valence-corrected chi connectivity index (χ0v) is 23.4. The summed E-state index contributed by atoms with van der Waals surface area (Å²) in [4.78, 5) is 2.44. The molecular formula is C31H53N3. The molecule has 0 amide bonds. The van der Waals surface area contributed by atoms with Crippen LogP contribution < -0.4 is 15.5 Å². The molecule has 192 valence electrons. The lowest BCUT2D eigenvalue weighted by Crippen LogP contribution is -2.45. The van der Waals surface area contributed by atoms with Gasteiger partial charge >= 0.3 is 0 Å². The number of benzene rings is 1. The fourth-order valence-electron chi connectivity index (χ4n) is 4.81. The van der Waals surface area contributed by atoms with Gasteiger partial charge < -0.3 is 15.5 Å². The fourth-order valence-corrected chi connectivity index (χ4v) is 4.81. The minimum atomic E-state index is 0.245. The van der Waals surface area contributed by atoms with E-state index >= 15 is 0 Å². The van der Waals surface area contributed by atoms with Crippen molar-refractivity contribution in [2.45, 2.75) is 99.0 Å². The highest BCUT2D eigenvalue weighted by atomic mass is 15.2. The third-order valence-electron chi connectivity index (χ3n) is 6.76. The maximum atomic E-state index is 4.55. The van der Waals surface area contributed by atoms with Crippen LogP contribution in [0.15, 0.2) is 61.1 Å². The average Bonchev–Trinajstić information content (AvgIpc) is 2.80. The van der Waals surface area contributed by atoms with E-state index in [-0.39, 0.29) is 5.41 Å². The Bertz CT molecular complexity index is 777. The topological polar surface area (TPSA) is 27.3 Å². The Labute approximate surface area is 211 Å². The lowest BCUT2D eigenvalue weighted by Gasteiger charge is -2.40. The van der Waals surface area contributed by atoms with Crippen molar-refractivity contribution in [3.05, 3.63) is 66.7 Å². The van der Waals surface area contributed by atoms with E-state index in [9.17, 15) is 0 Å². The molecule has 0 spiro atoms. The van der Waals surface area contributed by atoms with E-state index < -0.39 is 0 Å². The number of hydrogen-bond acceptors (Lipinski definition) is 3. The lowest BCUT2D eigenvalue weighted by molar-refractivity contribution is 0.286. The minimum absolute atomic E-state index is 0.245. The molecular weight excluding hydrogens is 414 g/mol. The van der Waals surface area contributed by atoms with Gasteiger partial charge in [-0.2, -0.15) is 0 Å². The van der Waals surface area contributed by atoms with E-state index in [0.717, 1.165) is 43.1 Å². The van der Waals surface area contributed by atoms with Gasteiger partial charge in [-0.3, -0.25) is 0 Å². The molecule has 0 aromatic heterocycles. The predicted octanol–water partition coefficient (Wildman–Crippen LogP) is 8.21. The lowest BCUT2D eigenvalue weighted by atomic mass is 9.80. The Hall–Kier alpha value is -2.16. The Balaban J connectivity index is 0.00000281. The third-order valence-corrected chi connectivity index (χ3v) is 6.76. The van der Waals surface area contributed by atoms with Gasteiger partial charge in [0.1, 0.15) is 0 Å². The van der Waals surface area contributed by atoms with Crippen LogP contribution in [0.3, 0.4) is 0 Å². The zero-order chi connectivity index (χ0) is 25.7. The van der Waals surface area contributed by atoms with Crippen LogP contribution in [0.25, 0.3) is 0 Å². The first-order valence-electron chi connectivity index (χ1n) is 13.4. The number of para-hydroxylation sites is 1. The van der Waals surface area contributed by atoms with Gasteiger partial charge in [0.2, 0.25) is 0 Å². The molecule has 1 aromatic rings. The molecule has 2 N–H and O–H groups in total. The third kappa shape index (κ3) is 10.4. The van der Waals surface area contributed by atoms with Crippen LogP contribution in [0.4, 0.5) is 5.69 Å². The highest BCUT2D eigenvalue weighted by molar-refractivity contribution is 5.60. The summed E-state index contributed by atoms with van der Waals surface area (Å²) in [6.07, 6.45) is 9.50. The number of nitrogens with zero attached hydrogens (tertiary/aromatic N) is 1.